The number of carbonyl (C=O) groups is 1. The van der Waals surface area contributed by atoms with Gasteiger partial charge < -0.3 is 5.32 Å². The second-order valence-corrected chi connectivity index (χ2v) is 4.61. The quantitative estimate of drug-likeness (QED) is 0.929. The smallest absolute Gasteiger partial charge is 0.251 e. The molecule has 3 nitrogen and oxygen atoms in total. The third kappa shape index (κ3) is 3.20. The summed E-state index contributed by atoms with van der Waals surface area (Å²) < 4.78 is 13.2. The Hall–Kier alpha value is -2.23. The van der Waals surface area contributed by atoms with Crippen molar-refractivity contribution >= 4 is 5.91 Å². The van der Waals surface area contributed by atoms with Crippen molar-refractivity contribution < 1.29 is 9.18 Å². The molecule has 0 spiro atoms. The van der Waals surface area contributed by atoms with Gasteiger partial charge in [-0.15, -0.1) is 0 Å². The fraction of sp³-hybridized carbons (Fsp3) is 0.250. The Bertz CT molecular complexity index is 626. The van der Waals surface area contributed by atoms with Gasteiger partial charge >= 0.3 is 0 Å². The minimum atomic E-state index is -0.306. The van der Waals surface area contributed by atoms with Gasteiger partial charge in [0, 0.05) is 11.8 Å². The van der Waals surface area contributed by atoms with E-state index in [-0.39, 0.29) is 11.7 Å². The van der Waals surface area contributed by atoms with Crippen molar-refractivity contribution in [3.05, 3.63) is 64.7 Å². The molecule has 0 saturated carbocycles. The van der Waals surface area contributed by atoms with Gasteiger partial charge in [-0.25, -0.2) is 4.39 Å². The maximum Gasteiger partial charge on any atom is 0.251 e. The highest BCUT2D eigenvalue weighted by Gasteiger charge is 2.09. The highest BCUT2D eigenvalue weighted by atomic mass is 19.1. The average molecular weight is 272 g/mol. The zero-order valence-corrected chi connectivity index (χ0v) is 11.6. The number of carbonyl (C=O) groups excluding carboxylic acids is 1. The molecule has 1 aromatic heterocycles. The molecule has 0 aliphatic heterocycles. The van der Waals surface area contributed by atoms with Crippen LogP contribution >= 0.6 is 0 Å². The number of amides is 1. The maximum absolute atomic E-state index is 13.2. The molecule has 0 fully saturated rings. The van der Waals surface area contributed by atoms with E-state index in [0.29, 0.717) is 17.7 Å². The van der Waals surface area contributed by atoms with Crippen molar-refractivity contribution in [3.63, 3.8) is 0 Å². The molecule has 20 heavy (non-hydrogen) atoms. The molecule has 1 heterocycles. The first kappa shape index (κ1) is 14.2. The number of rotatable bonds is 4. The lowest BCUT2D eigenvalue weighted by Gasteiger charge is -2.09. The van der Waals surface area contributed by atoms with Crippen molar-refractivity contribution in [3.8, 4) is 0 Å². The highest BCUT2D eigenvalue weighted by Crippen LogP contribution is 2.10. The second-order valence-electron chi connectivity index (χ2n) is 4.61. The van der Waals surface area contributed by atoms with E-state index in [1.54, 1.807) is 19.2 Å². The van der Waals surface area contributed by atoms with Gasteiger partial charge in [-0.3, -0.25) is 9.78 Å². The molecule has 4 heteroatoms. The van der Waals surface area contributed by atoms with Crippen molar-refractivity contribution in [1.29, 1.82) is 0 Å². The molecular weight excluding hydrogens is 255 g/mol. The molecule has 2 rings (SSSR count). The molecular formula is C16H17FN2O. The molecule has 1 amide bonds. The van der Waals surface area contributed by atoms with E-state index >= 15 is 0 Å². The van der Waals surface area contributed by atoms with Gasteiger partial charge in [0.25, 0.3) is 5.91 Å². The standard InChI is InChI=1S/C16H17FN2O/c1-3-12-5-4-8-18-15(12)10-19-16(20)13-6-7-14(17)11(2)9-13/h4-9H,3,10H2,1-2H3,(H,19,20). The Kier molecular flexibility index (Phi) is 4.45. The van der Waals surface area contributed by atoms with E-state index in [0.717, 1.165) is 17.7 Å². The summed E-state index contributed by atoms with van der Waals surface area (Å²) in [5.74, 6) is -0.527. The van der Waals surface area contributed by atoms with Crippen molar-refractivity contribution in [2.24, 2.45) is 0 Å². The lowest BCUT2D eigenvalue weighted by atomic mass is 10.1. The minimum absolute atomic E-state index is 0.221. The van der Waals surface area contributed by atoms with Gasteiger partial charge in [-0.1, -0.05) is 13.0 Å². The minimum Gasteiger partial charge on any atom is -0.346 e. The summed E-state index contributed by atoms with van der Waals surface area (Å²) in [6, 6.07) is 8.22. The van der Waals surface area contributed by atoms with Gasteiger partial charge in [0.05, 0.1) is 12.2 Å². The summed E-state index contributed by atoms with van der Waals surface area (Å²) in [6.45, 7) is 4.06. The predicted molar refractivity (Wildman–Crippen MR) is 75.9 cm³/mol. The molecule has 0 atom stereocenters. The number of aryl methyl sites for hydroxylation is 2. The predicted octanol–water partition coefficient (Wildman–Crippen LogP) is 3.02. The number of hydrogen-bond acceptors (Lipinski definition) is 2. The van der Waals surface area contributed by atoms with Gasteiger partial charge in [0.2, 0.25) is 0 Å². The number of benzene rings is 1. The molecule has 1 aromatic carbocycles. The Morgan fingerprint density at radius 1 is 1.35 bits per heavy atom. The lowest BCUT2D eigenvalue weighted by Crippen LogP contribution is -2.24. The lowest BCUT2D eigenvalue weighted by molar-refractivity contribution is 0.0950. The summed E-state index contributed by atoms with van der Waals surface area (Å²) in [5, 5.41) is 2.81. The van der Waals surface area contributed by atoms with E-state index in [2.05, 4.69) is 10.3 Å². The van der Waals surface area contributed by atoms with Gasteiger partial charge in [-0.2, -0.15) is 0 Å². The normalized spacial score (nSPS) is 10.3. The molecule has 0 saturated heterocycles. The first-order chi connectivity index (χ1) is 9.61. The maximum atomic E-state index is 13.2. The van der Waals surface area contributed by atoms with Gasteiger partial charge in [-0.05, 0) is 48.7 Å². The molecule has 0 unspecified atom stereocenters. The molecule has 1 N–H and O–H groups in total. The van der Waals surface area contributed by atoms with E-state index in [1.165, 1.54) is 12.1 Å². The molecule has 0 aliphatic carbocycles. The zero-order valence-electron chi connectivity index (χ0n) is 11.6. The summed E-state index contributed by atoms with van der Waals surface area (Å²) in [5.41, 5.74) is 2.90. The second kappa shape index (κ2) is 6.28. The molecule has 0 radical (unpaired) electrons. The van der Waals surface area contributed by atoms with Crippen LogP contribution in [0.2, 0.25) is 0 Å². The molecule has 0 bridgehead atoms. The van der Waals surface area contributed by atoms with Gasteiger partial charge in [0.15, 0.2) is 0 Å². The average Bonchev–Trinajstić information content (AvgIpc) is 2.47. The summed E-state index contributed by atoms with van der Waals surface area (Å²) in [6.07, 6.45) is 2.58. The van der Waals surface area contributed by atoms with Crippen LogP contribution in [0.4, 0.5) is 4.39 Å². The third-order valence-electron chi connectivity index (χ3n) is 3.20. The number of hydrogen-bond donors (Lipinski definition) is 1. The monoisotopic (exact) mass is 272 g/mol. The SMILES string of the molecule is CCc1cccnc1CNC(=O)c1ccc(F)c(C)c1. The van der Waals surface area contributed by atoms with Gasteiger partial charge in [0.1, 0.15) is 5.82 Å². The van der Waals surface area contributed by atoms with Crippen LogP contribution in [0.5, 0.6) is 0 Å². The van der Waals surface area contributed by atoms with Crippen LogP contribution in [-0.2, 0) is 13.0 Å². The van der Waals surface area contributed by atoms with E-state index in [4.69, 9.17) is 0 Å². The topological polar surface area (TPSA) is 42.0 Å². The first-order valence-corrected chi connectivity index (χ1v) is 6.59. The zero-order chi connectivity index (χ0) is 14.5. The molecule has 0 aliphatic rings. The third-order valence-corrected chi connectivity index (χ3v) is 3.20. The summed E-state index contributed by atoms with van der Waals surface area (Å²) in [7, 11) is 0. The van der Waals surface area contributed by atoms with Crippen molar-refractivity contribution in [2.75, 3.05) is 0 Å². The fourth-order valence-corrected chi connectivity index (χ4v) is 2.00. The van der Waals surface area contributed by atoms with E-state index < -0.39 is 0 Å². The largest absolute Gasteiger partial charge is 0.346 e. The number of halogens is 1. The van der Waals surface area contributed by atoms with Crippen LogP contribution in [0.15, 0.2) is 36.5 Å². The van der Waals surface area contributed by atoms with Crippen LogP contribution in [0, 0.1) is 12.7 Å². The van der Waals surface area contributed by atoms with Crippen molar-refractivity contribution in [2.45, 2.75) is 26.8 Å². The Morgan fingerprint density at radius 3 is 2.85 bits per heavy atom. The van der Waals surface area contributed by atoms with Crippen LogP contribution in [0.1, 0.15) is 34.1 Å². The summed E-state index contributed by atoms with van der Waals surface area (Å²) in [4.78, 5) is 16.3. The van der Waals surface area contributed by atoms with Crippen molar-refractivity contribution in [1.82, 2.24) is 10.3 Å². The van der Waals surface area contributed by atoms with Crippen LogP contribution in [-0.4, -0.2) is 10.9 Å². The first-order valence-electron chi connectivity index (χ1n) is 6.59. The Morgan fingerprint density at radius 2 is 2.15 bits per heavy atom. The highest BCUT2D eigenvalue weighted by molar-refractivity contribution is 5.94. The number of nitrogens with zero attached hydrogens (tertiary/aromatic N) is 1. The van der Waals surface area contributed by atoms with E-state index in [9.17, 15) is 9.18 Å². The number of aromatic nitrogens is 1. The Balaban J connectivity index is 2.06. The molecule has 2 aromatic rings. The van der Waals surface area contributed by atoms with Crippen LogP contribution in [0.3, 0.4) is 0 Å². The fourth-order valence-electron chi connectivity index (χ4n) is 2.00. The summed E-state index contributed by atoms with van der Waals surface area (Å²) >= 11 is 0. The van der Waals surface area contributed by atoms with Crippen LogP contribution < -0.4 is 5.32 Å². The Labute approximate surface area is 117 Å². The number of nitrogens with one attached hydrogen (secondary N) is 1. The van der Waals surface area contributed by atoms with E-state index in [1.807, 2.05) is 19.1 Å². The van der Waals surface area contributed by atoms with Crippen LogP contribution in [0.25, 0.3) is 0 Å². The molecule has 104 valence electrons. The number of pyridine rings is 1.